The molecule has 0 fully saturated rings. The second-order valence-corrected chi connectivity index (χ2v) is 4.38. The molecular formula is C16H20FNO3. The van der Waals surface area contributed by atoms with Gasteiger partial charge in [0, 0.05) is 25.3 Å². The van der Waals surface area contributed by atoms with Crippen LogP contribution in [0, 0.1) is 17.7 Å². The van der Waals surface area contributed by atoms with Crippen molar-refractivity contribution in [1.82, 2.24) is 5.32 Å². The molecule has 0 atom stereocenters. The van der Waals surface area contributed by atoms with Gasteiger partial charge in [0.2, 0.25) is 0 Å². The molecule has 0 aliphatic carbocycles. The van der Waals surface area contributed by atoms with Crippen LogP contribution in [0.1, 0.15) is 35.7 Å². The molecule has 0 saturated carbocycles. The molecular weight excluding hydrogens is 273 g/mol. The second-order valence-electron chi connectivity index (χ2n) is 4.38. The first-order valence-electron chi connectivity index (χ1n) is 6.94. The Hall–Kier alpha value is -1.90. The molecule has 0 heterocycles. The lowest BCUT2D eigenvalue weighted by molar-refractivity contribution is 0.0937. The summed E-state index contributed by atoms with van der Waals surface area (Å²) in [7, 11) is 0. The smallest absolute Gasteiger partial charge is 0.254 e. The van der Waals surface area contributed by atoms with E-state index in [0.29, 0.717) is 31.7 Å². The molecule has 1 aromatic carbocycles. The number of hydrogen-bond acceptors (Lipinski definition) is 3. The fourth-order valence-electron chi connectivity index (χ4n) is 1.64. The summed E-state index contributed by atoms with van der Waals surface area (Å²) in [6, 6.07) is 4.12. The topological polar surface area (TPSA) is 58.6 Å². The molecule has 2 N–H and O–H groups in total. The standard InChI is InChI=1S/C16H20FNO3/c1-2-10-21-11-4-8-18-16(20)14-7-6-13(5-3-9-19)12-15(14)17/h6-7,12,19H,2,4,8-11H2,1H3,(H,18,20). The molecule has 114 valence electrons. The molecule has 0 radical (unpaired) electrons. The number of nitrogens with one attached hydrogen (secondary N) is 1. The van der Waals surface area contributed by atoms with E-state index in [1.54, 1.807) is 6.07 Å². The molecule has 0 spiro atoms. The molecule has 4 nitrogen and oxygen atoms in total. The summed E-state index contributed by atoms with van der Waals surface area (Å²) in [6.07, 6.45) is 1.65. The van der Waals surface area contributed by atoms with E-state index in [9.17, 15) is 9.18 Å². The van der Waals surface area contributed by atoms with Crippen LogP contribution in [0.15, 0.2) is 18.2 Å². The zero-order valence-corrected chi connectivity index (χ0v) is 12.1. The molecule has 0 aliphatic heterocycles. The Balaban J connectivity index is 2.47. The van der Waals surface area contributed by atoms with E-state index in [2.05, 4.69) is 17.2 Å². The third-order valence-corrected chi connectivity index (χ3v) is 2.62. The SMILES string of the molecule is CCCOCCCNC(=O)c1ccc(C#CCO)cc1F. The largest absolute Gasteiger partial charge is 0.384 e. The normalized spacial score (nSPS) is 9.86. The Labute approximate surface area is 124 Å². The van der Waals surface area contributed by atoms with Crippen molar-refractivity contribution in [2.24, 2.45) is 0 Å². The van der Waals surface area contributed by atoms with Gasteiger partial charge in [0.1, 0.15) is 12.4 Å². The van der Waals surface area contributed by atoms with Crippen LogP contribution in [-0.4, -0.2) is 37.4 Å². The number of aliphatic hydroxyl groups excluding tert-OH is 1. The van der Waals surface area contributed by atoms with Gasteiger partial charge < -0.3 is 15.2 Å². The minimum absolute atomic E-state index is 0.0148. The minimum atomic E-state index is -0.625. The Kier molecular flexibility index (Phi) is 8.10. The van der Waals surface area contributed by atoms with Crippen molar-refractivity contribution in [1.29, 1.82) is 0 Å². The average molecular weight is 293 g/mol. The highest BCUT2D eigenvalue weighted by molar-refractivity contribution is 5.94. The van der Waals surface area contributed by atoms with Crippen molar-refractivity contribution in [3.63, 3.8) is 0 Å². The van der Waals surface area contributed by atoms with Gasteiger partial charge in [-0.2, -0.15) is 0 Å². The van der Waals surface area contributed by atoms with Gasteiger partial charge in [0.25, 0.3) is 5.91 Å². The van der Waals surface area contributed by atoms with Gasteiger partial charge in [0.15, 0.2) is 0 Å². The van der Waals surface area contributed by atoms with E-state index in [1.807, 2.05) is 6.92 Å². The molecule has 0 bridgehead atoms. The lowest BCUT2D eigenvalue weighted by atomic mass is 10.1. The fourth-order valence-corrected chi connectivity index (χ4v) is 1.64. The van der Waals surface area contributed by atoms with Crippen LogP contribution >= 0.6 is 0 Å². The number of benzene rings is 1. The average Bonchev–Trinajstić information content (AvgIpc) is 2.48. The van der Waals surface area contributed by atoms with Gasteiger partial charge in [-0.1, -0.05) is 18.8 Å². The number of aliphatic hydroxyl groups is 1. The summed E-state index contributed by atoms with van der Waals surface area (Å²) >= 11 is 0. The lowest BCUT2D eigenvalue weighted by Crippen LogP contribution is -2.26. The molecule has 5 heteroatoms. The number of ether oxygens (including phenoxy) is 1. The highest BCUT2D eigenvalue weighted by Gasteiger charge is 2.11. The van der Waals surface area contributed by atoms with E-state index < -0.39 is 11.7 Å². The summed E-state index contributed by atoms with van der Waals surface area (Å²) in [5, 5.41) is 11.2. The van der Waals surface area contributed by atoms with E-state index in [4.69, 9.17) is 9.84 Å². The van der Waals surface area contributed by atoms with Crippen LogP contribution in [-0.2, 0) is 4.74 Å². The van der Waals surface area contributed by atoms with Crippen LogP contribution in [0.3, 0.4) is 0 Å². The van der Waals surface area contributed by atoms with Crippen molar-refractivity contribution in [2.75, 3.05) is 26.4 Å². The number of halogens is 1. The number of amides is 1. The second kappa shape index (κ2) is 9.92. The number of carbonyl (C=O) groups excluding carboxylic acids is 1. The number of hydrogen-bond donors (Lipinski definition) is 2. The predicted octanol–water partition coefficient (Wildman–Crippen LogP) is 1.72. The highest BCUT2D eigenvalue weighted by atomic mass is 19.1. The van der Waals surface area contributed by atoms with Crippen LogP contribution in [0.4, 0.5) is 4.39 Å². The Morgan fingerprint density at radius 3 is 2.90 bits per heavy atom. The quantitative estimate of drug-likeness (QED) is 0.594. The Morgan fingerprint density at radius 1 is 1.43 bits per heavy atom. The van der Waals surface area contributed by atoms with Crippen LogP contribution in [0.5, 0.6) is 0 Å². The predicted molar refractivity (Wildman–Crippen MR) is 78.4 cm³/mol. The first kappa shape index (κ1) is 17.2. The van der Waals surface area contributed by atoms with E-state index in [1.165, 1.54) is 12.1 Å². The minimum Gasteiger partial charge on any atom is -0.384 e. The molecule has 1 amide bonds. The van der Waals surface area contributed by atoms with Crippen LogP contribution in [0.25, 0.3) is 0 Å². The summed E-state index contributed by atoms with van der Waals surface area (Å²) in [5.74, 6) is 3.93. The molecule has 0 saturated heterocycles. The first-order valence-corrected chi connectivity index (χ1v) is 6.94. The van der Waals surface area contributed by atoms with E-state index in [-0.39, 0.29) is 12.2 Å². The number of rotatable bonds is 7. The van der Waals surface area contributed by atoms with Crippen molar-refractivity contribution < 1.29 is 19.0 Å². The van der Waals surface area contributed by atoms with Gasteiger partial charge in [-0.25, -0.2) is 4.39 Å². The maximum absolute atomic E-state index is 13.8. The summed E-state index contributed by atoms with van der Waals surface area (Å²) in [5.41, 5.74) is 0.407. The van der Waals surface area contributed by atoms with Gasteiger partial charge in [0.05, 0.1) is 5.56 Å². The Bertz CT molecular complexity index is 520. The van der Waals surface area contributed by atoms with Crippen LogP contribution in [0.2, 0.25) is 0 Å². The molecule has 21 heavy (non-hydrogen) atoms. The van der Waals surface area contributed by atoms with Gasteiger partial charge in [-0.05, 0) is 31.0 Å². The third-order valence-electron chi connectivity index (χ3n) is 2.62. The maximum Gasteiger partial charge on any atom is 0.254 e. The summed E-state index contributed by atoms with van der Waals surface area (Å²) < 4.78 is 19.1. The van der Waals surface area contributed by atoms with Crippen molar-refractivity contribution in [2.45, 2.75) is 19.8 Å². The Morgan fingerprint density at radius 2 is 2.24 bits per heavy atom. The molecule has 0 aliphatic rings. The van der Waals surface area contributed by atoms with Crippen molar-refractivity contribution in [3.05, 3.63) is 35.1 Å². The van der Waals surface area contributed by atoms with Crippen molar-refractivity contribution in [3.8, 4) is 11.8 Å². The van der Waals surface area contributed by atoms with Gasteiger partial charge in [-0.3, -0.25) is 4.79 Å². The zero-order valence-electron chi connectivity index (χ0n) is 12.1. The van der Waals surface area contributed by atoms with Crippen molar-refractivity contribution >= 4 is 5.91 Å². The molecule has 1 rings (SSSR count). The summed E-state index contributed by atoms with van der Waals surface area (Å²) in [4.78, 5) is 11.8. The lowest BCUT2D eigenvalue weighted by Gasteiger charge is -2.07. The molecule has 0 aromatic heterocycles. The number of carbonyl (C=O) groups is 1. The maximum atomic E-state index is 13.8. The fraction of sp³-hybridized carbons (Fsp3) is 0.438. The van der Waals surface area contributed by atoms with Crippen LogP contribution < -0.4 is 5.32 Å². The zero-order chi connectivity index (χ0) is 15.5. The third kappa shape index (κ3) is 6.39. The highest BCUT2D eigenvalue weighted by Crippen LogP contribution is 2.09. The van der Waals surface area contributed by atoms with E-state index >= 15 is 0 Å². The van der Waals surface area contributed by atoms with Gasteiger partial charge in [-0.15, -0.1) is 0 Å². The molecule has 0 unspecified atom stereocenters. The van der Waals surface area contributed by atoms with E-state index in [0.717, 1.165) is 6.42 Å². The first-order chi connectivity index (χ1) is 10.2. The monoisotopic (exact) mass is 293 g/mol. The summed E-state index contributed by atoms with van der Waals surface area (Å²) in [6.45, 7) is 3.46. The van der Waals surface area contributed by atoms with Gasteiger partial charge >= 0.3 is 0 Å². The molecule has 1 aromatic rings.